The van der Waals surface area contributed by atoms with E-state index in [1.54, 1.807) is 0 Å². The highest BCUT2D eigenvalue weighted by Crippen LogP contribution is 2.29. The standard InChI is InChI=1S/C15H18N2OS2/c1-8-6-10(3)13(7-9(8)2)14(18)11(4)19-15-17-16-12(5)20-15/h6-7,11H,1-5H3/t11-/m1/s1. The molecule has 1 heterocycles. The van der Waals surface area contributed by atoms with Crippen molar-refractivity contribution < 1.29 is 4.79 Å². The van der Waals surface area contributed by atoms with E-state index in [0.29, 0.717) is 0 Å². The number of carbonyl (C=O) groups excluding carboxylic acids is 1. The van der Waals surface area contributed by atoms with Crippen LogP contribution in [0.2, 0.25) is 0 Å². The highest BCUT2D eigenvalue weighted by Gasteiger charge is 2.20. The largest absolute Gasteiger partial charge is 0.293 e. The predicted octanol–water partition coefficient (Wildman–Crippen LogP) is 4.14. The zero-order valence-electron chi connectivity index (χ0n) is 12.4. The summed E-state index contributed by atoms with van der Waals surface area (Å²) >= 11 is 3.01. The van der Waals surface area contributed by atoms with Crippen LogP contribution in [0, 0.1) is 27.7 Å². The number of hydrogen-bond donors (Lipinski definition) is 0. The Bertz CT molecular complexity index is 649. The number of carbonyl (C=O) groups is 1. The van der Waals surface area contributed by atoms with Crippen LogP contribution < -0.4 is 0 Å². The van der Waals surface area contributed by atoms with Crippen molar-refractivity contribution in [3.8, 4) is 0 Å². The number of nitrogens with zero attached hydrogens (tertiary/aromatic N) is 2. The molecule has 2 rings (SSSR count). The van der Waals surface area contributed by atoms with Crippen LogP contribution in [0.3, 0.4) is 0 Å². The number of benzene rings is 1. The van der Waals surface area contributed by atoms with Gasteiger partial charge in [-0.25, -0.2) is 0 Å². The number of Topliss-reactive ketones (excluding diaryl/α,β-unsaturated/α-hetero) is 1. The zero-order chi connectivity index (χ0) is 14.9. The molecular weight excluding hydrogens is 288 g/mol. The van der Waals surface area contributed by atoms with Gasteiger partial charge in [0.2, 0.25) is 0 Å². The lowest BCUT2D eigenvalue weighted by Crippen LogP contribution is -2.15. The van der Waals surface area contributed by atoms with E-state index < -0.39 is 0 Å². The molecule has 106 valence electrons. The van der Waals surface area contributed by atoms with Crippen LogP contribution >= 0.6 is 23.1 Å². The first-order valence-corrected chi connectivity index (χ1v) is 8.17. The van der Waals surface area contributed by atoms with E-state index in [0.717, 1.165) is 26.0 Å². The molecule has 0 saturated carbocycles. The molecule has 5 heteroatoms. The number of rotatable bonds is 4. The monoisotopic (exact) mass is 306 g/mol. The second-order valence-electron chi connectivity index (χ2n) is 4.96. The summed E-state index contributed by atoms with van der Waals surface area (Å²) in [4.78, 5) is 12.6. The smallest absolute Gasteiger partial charge is 0.176 e. The average Bonchev–Trinajstić information content (AvgIpc) is 2.78. The third-order valence-corrected chi connectivity index (χ3v) is 5.28. The molecule has 20 heavy (non-hydrogen) atoms. The summed E-state index contributed by atoms with van der Waals surface area (Å²) in [6.45, 7) is 9.95. The van der Waals surface area contributed by atoms with Gasteiger partial charge in [-0.3, -0.25) is 4.79 Å². The molecule has 0 radical (unpaired) electrons. The van der Waals surface area contributed by atoms with Gasteiger partial charge in [-0.1, -0.05) is 29.2 Å². The average molecular weight is 306 g/mol. The molecule has 0 spiro atoms. The van der Waals surface area contributed by atoms with Crippen LogP contribution in [0.4, 0.5) is 0 Å². The third-order valence-electron chi connectivity index (χ3n) is 3.26. The highest BCUT2D eigenvalue weighted by molar-refractivity contribution is 8.02. The maximum atomic E-state index is 12.6. The minimum Gasteiger partial charge on any atom is -0.293 e. The Balaban J connectivity index is 2.20. The second kappa shape index (κ2) is 6.06. The van der Waals surface area contributed by atoms with Gasteiger partial charge in [0.05, 0.1) is 5.25 Å². The summed E-state index contributed by atoms with van der Waals surface area (Å²) < 4.78 is 0.852. The van der Waals surface area contributed by atoms with E-state index in [-0.39, 0.29) is 11.0 Å². The van der Waals surface area contributed by atoms with Gasteiger partial charge in [-0.15, -0.1) is 10.2 Å². The molecule has 1 atom stereocenters. The van der Waals surface area contributed by atoms with Crippen molar-refractivity contribution in [3.63, 3.8) is 0 Å². The molecule has 0 aliphatic rings. The van der Waals surface area contributed by atoms with Crippen molar-refractivity contribution in [3.05, 3.63) is 39.4 Å². The normalized spacial score (nSPS) is 12.4. The molecule has 0 amide bonds. The first-order chi connectivity index (χ1) is 9.38. The number of hydrogen-bond acceptors (Lipinski definition) is 5. The van der Waals surface area contributed by atoms with Gasteiger partial charge in [0.15, 0.2) is 10.1 Å². The van der Waals surface area contributed by atoms with Crippen molar-refractivity contribution in [2.75, 3.05) is 0 Å². The van der Waals surface area contributed by atoms with Crippen LogP contribution in [-0.4, -0.2) is 21.2 Å². The Morgan fingerprint density at radius 1 is 1.10 bits per heavy atom. The van der Waals surface area contributed by atoms with Crippen LogP contribution in [-0.2, 0) is 0 Å². The van der Waals surface area contributed by atoms with E-state index in [1.165, 1.54) is 28.7 Å². The van der Waals surface area contributed by atoms with E-state index in [1.807, 2.05) is 33.8 Å². The molecule has 0 saturated heterocycles. The fourth-order valence-corrected chi connectivity index (χ4v) is 4.00. The van der Waals surface area contributed by atoms with Gasteiger partial charge < -0.3 is 0 Å². The van der Waals surface area contributed by atoms with Crippen LogP contribution in [0.1, 0.15) is 39.0 Å². The molecule has 0 aliphatic carbocycles. The Morgan fingerprint density at radius 2 is 1.75 bits per heavy atom. The quantitative estimate of drug-likeness (QED) is 0.629. The Morgan fingerprint density at radius 3 is 2.35 bits per heavy atom. The van der Waals surface area contributed by atoms with Crippen LogP contribution in [0.15, 0.2) is 16.5 Å². The Kier molecular flexibility index (Phi) is 4.60. The van der Waals surface area contributed by atoms with Gasteiger partial charge in [0.25, 0.3) is 0 Å². The molecule has 1 aromatic heterocycles. The number of aryl methyl sites for hydroxylation is 4. The lowest BCUT2D eigenvalue weighted by atomic mass is 9.97. The summed E-state index contributed by atoms with van der Waals surface area (Å²) in [5, 5.41) is 8.82. The van der Waals surface area contributed by atoms with E-state index in [4.69, 9.17) is 0 Å². The SMILES string of the molecule is Cc1nnc(S[C@H](C)C(=O)c2cc(C)c(C)cc2C)s1. The first-order valence-electron chi connectivity index (χ1n) is 6.47. The van der Waals surface area contributed by atoms with E-state index in [2.05, 4.69) is 23.2 Å². The van der Waals surface area contributed by atoms with Gasteiger partial charge in [0.1, 0.15) is 5.01 Å². The number of ketones is 1. The number of thioether (sulfide) groups is 1. The van der Waals surface area contributed by atoms with Crippen molar-refractivity contribution in [2.45, 2.75) is 44.2 Å². The van der Waals surface area contributed by atoms with E-state index in [9.17, 15) is 4.79 Å². The molecule has 0 aliphatic heterocycles. The molecule has 0 N–H and O–H groups in total. The molecule has 1 aromatic carbocycles. The summed E-state index contributed by atoms with van der Waals surface area (Å²) in [5.74, 6) is 0.156. The van der Waals surface area contributed by atoms with Crippen LogP contribution in [0.25, 0.3) is 0 Å². The molecule has 0 fully saturated rings. The van der Waals surface area contributed by atoms with Gasteiger partial charge in [0, 0.05) is 5.56 Å². The third kappa shape index (κ3) is 3.27. The summed E-state index contributed by atoms with van der Waals surface area (Å²) in [7, 11) is 0. The van der Waals surface area contributed by atoms with Gasteiger partial charge in [-0.05, 0) is 57.4 Å². The minimum atomic E-state index is -0.150. The fourth-order valence-electron chi connectivity index (χ4n) is 1.98. The fraction of sp³-hybridized carbons (Fsp3) is 0.400. The maximum absolute atomic E-state index is 12.6. The number of aromatic nitrogens is 2. The second-order valence-corrected chi connectivity index (χ2v) is 7.73. The van der Waals surface area contributed by atoms with Crippen LogP contribution in [0.5, 0.6) is 0 Å². The van der Waals surface area contributed by atoms with Crippen molar-refractivity contribution >= 4 is 28.9 Å². The molecule has 0 bridgehead atoms. The topological polar surface area (TPSA) is 42.9 Å². The summed E-state index contributed by atoms with van der Waals surface area (Å²) in [6, 6.07) is 4.07. The Hall–Kier alpha value is -1.20. The lowest BCUT2D eigenvalue weighted by molar-refractivity contribution is 0.0993. The van der Waals surface area contributed by atoms with Crippen molar-refractivity contribution in [1.29, 1.82) is 0 Å². The molecular formula is C15H18N2OS2. The van der Waals surface area contributed by atoms with Crippen molar-refractivity contribution in [1.82, 2.24) is 10.2 Å². The van der Waals surface area contributed by atoms with Gasteiger partial charge >= 0.3 is 0 Å². The van der Waals surface area contributed by atoms with Gasteiger partial charge in [-0.2, -0.15) is 0 Å². The van der Waals surface area contributed by atoms with Crippen molar-refractivity contribution in [2.24, 2.45) is 0 Å². The Labute approximate surface area is 127 Å². The molecule has 0 unspecified atom stereocenters. The van der Waals surface area contributed by atoms with E-state index >= 15 is 0 Å². The zero-order valence-corrected chi connectivity index (χ0v) is 14.0. The summed E-state index contributed by atoms with van der Waals surface area (Å²) in [5.41, 5.74) is 4.23. The maximum Gasteiger partial charge on any atom is 0.176 e. The molecule has 2 aromatic rings. The highest BCUT2D eigenvalue weighted by atomic mass is 32.2. The summed E-state index contributed by atoms with van der Waals surface area (Å²) in [6.07, 6.45) is 0. The first kappa shape index (κ1) is 15.2. The lowest BCUT2D eigenvalue weighted by Gasteiger charge is -2.12. The molecule has 3 nitrogen and oxygen atoms in total. The predicted molar refractivity (Wildman–Crippen MR) is 84.9 cm³/mol. The minimum absolute atomic E-state index is 0.150.